The summed E-state index contributed by atoms with van der Waals surface area (Å²) < 4.78 is 0. The van der Waals surface area contributed by atoms with E-state index in [4.69, 9.17) is 0 Å². The number of hydrogen-bond donors (Lipinski definition) is 0. The lowest BCUT2D eigenvalue weighted by atomic mass is 10.2. The molecule has 0 fully saturated rings. The molecule has 5 heteroatoms. The fraction of sp³-hybridized carbons (Fsp3) is 0.385. The van der Waals surface area contributed by atoms with Gasteiger partial charge in [-0.3, -0.25) is 14.5 Å². The molecule has 2 heterocycles. The van der Waals surface area contributed by atoms with Crippen LogP contribution in [-0.4, -0.2) is 28.5 Å². The molecule has 0 bridgehead atoms. The highest BCUT2D eigenvalue weighted by molar-refractivity contribution is 8.04. The normalized spacial score (nSPS) is 16.3. The molecular formula is C13H15NO2S2. The molecule has 0 saturated heterocycles. The number of thioether (sulfide) groups is 1. The molecule has 2 rings (SSSR count). The van der Waals surface area contributed by atoms with E-state index in [1.807, 2.05) is 38.3 Å². The zero-order chi connectivity index (χ0) is 13.3. The highest BCUT2D eigenvalue weighted by Crippen LogP contribution is 2.38. The predicted molar refractivity (Wildman–Crippen MR) is 76.4 cm³/mol. The molecule has 1 aliphatic rings. The number of carbonyl (C=O) groups is 2. The van der Waals surface area contributed by atoms with Crippen LogP contribution in [0.2, 0.25) is 0 Å². The van der Waals surface area contributed by atoms with Gasteiger partial charge in [0.15, 0.2) is 0 Å². The van der Waals surface area contributed by atoms with Gasteiger partial charge in [0, 0.05) is 10.9 Å². The van der Waals surface area contributed by atoms with Crippen molar-refractivity contribution in [3.05, 3.63) is 27.3 Å². The maximum Gasteiger partial charge on any atom is 0.268 e. The van der Waals surface area contributed by atoms with Crippen LogP contribution >= 0.6 is 23.1 Å². The highest BCUT2D eigenvalue weighted by Gasteiger charge is 2.40. The summed E-state index contributed by atoms with van der Waals surface area (Å²) in [4.78, 5) is 27.5. The van der Waals surface area contributed by atoms with Crippen LogP contribution in [0.25, 0.3) is 5.57 Å². The SMILES string of the molecule is CCSC1=C(c2cccs2)C(=O)N(C(C)C)C1=O. The van der Waals surface area contributed by atoms with Crippen LogP contribution in [0.5, 0.6) is 0 Å². The van der Waals surface area contributed by atoms with E-state index in [0.717, 1.165) is 10.6 Å². The topological polar surface area (TPSA) is 37.4 Å². The third kappa shape index (κ3) is 2.12. The molecule has 0 aliphatic carbocycles. The second kappa shape index (κ2) is 5.28. The van der Waals surface area contributed by atoms with Crippen molar-refractivity contribution < 1.29 is 9.59 Å². The Labute approximate surface area is 115 Å². The Morgan fingerprint density at radius 1 is 1.33 bits per heavy atom. The van der Waals surface area contributed by atoms with E-state index < -0.39 is 0 Å². The lowest BCUT2D eigenvalue weighted by Gasteiger charge is -2.18. The van der Waals surface area contributed by atoms with Gasteiger partial charge in [0.1, 0.15) is 0 Å². The van der Waals surface area contributed by atoms with Gasteiger partial charge in [0.05, 0.1) is 10.5 Å². The van der Waals surface area contributed by atoms with E-state index in [2.05, 4.69) is 0 Å². The summed E-state index contributed by atoms with van der Waals surface area (Å²) in [6, 6.07) is 3.69. The van der Waals surface area contributed by atoms with E-state index >= 15 is 0 Å². The van der Waals surface area contributed by atoms with Crippen LogP contribution < -0.4 is 0 Å². The molecule has 1 aromatic heterocycles. The van der Waals surface area contributed by atoms with Gasteiger partial charge in [-0.05, 0) is 31.0 Å². The summed E-state index contributed by atoms with van der Waals surface area (Å²) >= 11 is 2.95. The second-order valence-corrected chi connectivity index (χ2v) is 6.41. The summed E-state index contributed by atoms with van der Waals surface area (Å²) in [5, 5.41) is 1.92. The average Bonchev–Trinajstić information content (AvgIpc) is 2.87. The largest absolute Gasteiger partial charge is 0.271 e. The van der Waals surface area contributed by atoms with Crippen LogP contribution in [-0.2, 0) is 9.59 Å². The molecule has 18 heavy (non-hydrogen) atoms. The van der Waals surface area contributed by atoms with E-state index in [0.29, 0.717) is 10.5 Å². The minimum absolute atomic E-state index is 0.102. The smallest absolute Gasteiger partial charge is 0.268 e. The average molecular weight is 281 g/mol. The maximum absolute atomic E-state index is 12.4. The monoisotopic (exact) mass is 281 g/mol. The van der Waals surface area contributed by atoms with Crippen molar-refractivity contribution in [1.82, 2.24) is 4.90 Å². The van der Waals surface area contributed by atoms with E-state index in [1.54, 1.807) is 0 Å². The van der Waals surface area contributed by atoms with E-state index in [1.165, 1.54) is 28.0 Å². The van der Waals surface area contributed by atoms with Crippen molar-refractivity contribution in [2.24, 2.45) is 0 Å². The molecule has 0 atom stereocenters. The van der Waals surface area contributed by atoms with Crippen LogP contribution in [0.4, 0.5) is 0 Å². The lowest BCUT2D eigenvalue weighted by Crippen LogP contribution is -2.37. The first kappa shape index (κ1) is 13.4. The van der Waals surface area contributed by atoms with Gasteiger partial charge < -0.3 is 0 Å². The molecule has 3 nitrogen and oxygen atoms in total. The van der Waals surface area contributed by atoms with Gasteiger partial charge in [0.2, 0.25) is 0 Å². The molecule has 0 aromatic carbocycles. The number of rotatable bonds is 4. The van der Waals surface area contributed by atoms with Gasteiger partial charge in [-0.15, -0.1) is 23.1 Å². The number of carbonyl (C=O) groups excluding carboxylic acids is 2. The minimum Gasteiger partial charge on any atom is -0.271 e. The summed E-state index contributed by atoms with van der Waals surface area (Å²) in [6.07, 6.45) is 0. The van der Waals surface area contributed by atoms with Crippen LogP contribution in [0.15, 0.2) is 22.4 Å². The van der Waals surface area contributed by atoms with E-state index in [-0.39, 0.29) is 17.9 Å². The van der Waals surface area contributed by atoms with Gasteiger partial charge >= 0.3 is 0 Å². The number of hydrogen-bond acceptors (Lipinski definition) is 4. The van der Waals surface area contributed by atoms with Crippen molar-refractivity contribution in [2.75, 3.05) is 5.75 Å². The summed E-state index contributed by atoms with van der Waals surface area (Å²) in [5.41, 5.74) is 0.579. The van der Waals surface area contributed by atoms with Crippen LogP contribution in [0.1, 0.15) is 25.6 Å². The maximum atomic E-state index is 12.4. The first-order valence-corrected chi connectivity index (χ1v) is 7.73. The zero-order valence-electron chi connectivity index (χ0n) is 10.6. The Morgan fingerprint density at radius 3 is 2.56 bits per heavy atom. The molecule has 0 saturated carbocycles. The van der Waals surface area contributed by atoms with Gasteiger partial charge in [-0.25, -0.2) is 0 Å². The first-order chi connectivity index (χ1) is 8.57. The predicted octanol–water partition coefficient (Wildman–Crippen LogP) is 2.99. The van der Waals surface area contributed by atoms with Gasteiger partial charge in [0.25, 0.3) is 11.8 Å². The summed E-state index contributed by atoms with van der Waals surface area (Å²) in [7, 11) is 0. The Morgan fingerprint density at radius 2 is 2.06 bits per heavy atom. The lowest BCUT2D eigenvalue weighted by molar-refractivity contribution is -0.138. The number of imide groups is 1. The van der Waals surface area contributed by atoms with Crippen molar-refractivity contribution >= 4 is 40.5 Å². The van der Waals surface area contributed by atoms with Crippen LogP contribution in [0.3, 0.4) is 0 Å². The minimum atomic E-state index is -0.159. The molecule has 0 unspecified atom stereocenters. The van der Waals surface area contributed by atoms with Crippen molar-refractivity contribution in [3.8, 4) is 0 Å². The fourth-order valence-corrected chi connectivity index (χ4v) is 3.60. The second-order valence-electron chi connectivity index (χ2n) is 4.19. The third-order valence-electron chi connectivity index (χ3n) is 2.65. The molecule has 0 N–H and O–H groups in total. The molecule has 96 valence electrons. The van der Waals surface area contributed by atoms with Crippen molar-refractivity contribution in [1.29, 1.82) is 0 Å². The van der Waals surface area contributed by atoms with Crippen LogP contribution in [0, 0.1) is 0 Å². The summed E-state index contributed by atoms with van der Waals surface area (Å²) in [5.74, 6) is 0.480. The zero-order valence-corrected chi connectivity index (χ0v) is 12.2. The first-order valence-electron chi connectivity index (χ1n) is 5.86. The Bertz CT molecular complexity index is 503. The van der Waals surface area contributed by atoms with Crippen molar-refractivity contribution in [3.63, 3.8) is 0 Å². The molecule has 1 aromatic rings. The Kier molecular flexibility index (Phi) is 3.92. The standard InChI is InChI=1S/C13H15NO2S2/c1-4-17-11-10(9-6-5-7-18-9)12(15)14(8(2)3)13(11)16/h5-8H,4H2,1-3H3. The Balaban J connectivity index is 2.49. The van der Waals surface area contributed by atoms with Crippen molar-refractivity contribution in [2.45, 2.75) is 26.8 Å². The van der Waals surface area contributed by atoms with Gasteiger partial charge in [-0.1, -0.05) is 13.0 Å². The van der Waals surface area contributed by atoms with E-state index in [9.17, 15) is 9.59 Å². The number of amides is 2. The fourth-order valence-electron chi connectivity index (χ4n) is 1.91. The molecular weight excluding hydrogens is 266 g/mol. The quantitative estimate of drug-likeness (QED) is 0.796. The highest BCUT2D eigenvalue weighted by atomic mass is 32.2. The molecule has 2 amide bonds. The Hall–Kier alpha value is -1.07. The summed E-state index contributed by atoms with van der Waals surface area (Å²) in [6.45, 7) is 5.71. The number of thiophene rings is 1. The molecule has 0 radical (unpaired) electrons. The molecule has 1 aliphatic heterocycles. The van der Waals surface area contributed by atoms with Gasteiger partial charge in [-0.2, -0.15) is 0 Å². The molecule has 0 spiro atoms. The third-order valence-corrected chi connectivity index (χ3v) is 4.49. The number of nitrogens with zero attached hydrogens (tertiary/aromatic N) is 1.